The Morgan fingerprint density at radius 3 is 2.60 bits per heavy atom. The van der Waals surface area contributed by atoms with E-state index < -0.39 is 0 Å². The Labute approximate surface area is 124 Å². The van der Waals surface area contributed by atoms with Crippen molar-refractivity contribution in [3.63, 3.8) is 0 Å². The molecule has 1 aliphatic rings. The van der Waals surface area contributed by atoms with Crippen LogP contribution in [0.1, 0.15) is 55.3 Å². The number of likely N-dealkylation sites (N-methyl/N-ethyl adjacent to an activating group) is 1. The molecule has 112 valence electrons. The highest BCUT2D eigenvalue weighted by Gasteiger charge is 2.30. The van der Waals surface area contributed by atoms with Gasteiger partial charge in [-0.15, -0.1) is 0 Å². The van der Waals surface area contributed by atoms with Crippen LogP contribution in [0.4, 0.5) is 0 Å². The van der Waals surface area contributed by atoms with Crippen molar-refractivity contribution in [3.8, 4) is 0 Å². The van der Waals surface area contributed by atoms with E-state index in [-0.39, 0.29) is 0 Å². The van der Waals surface area contributed by atoms with E-state index in [4.69, 9.17) is 5.73 Å². The molecule has 3 atom stereocenters. The van der Waals surface area contributed by atoms with Crippen LogP contribution in [0.25, 0.3) is 0 Å². The van der Waals surface area contributed by atoms with E-state index in [1.165, 1.54) is 42.4 Å². The Hall–Kier alpha value is -0.860. The molecule has 1 aromatic carbocycles. The van der Waals surface area contributed by atoms with Crippen LogP contribution in [0.2, 0.25) is 0 Å². The van der Waals surface area contributed by atoms with Crippen molar-refractivity contribution in [2.45, 2.75) is 58.5 Å². The van der Waals surface area contributed by atoms with Crippen LogP contribution in [0.15, 0.2) is 18.2 Å². The second-order valence-corrected chi connectivity index (χ2v) is 6.54. The maximum Gasteiger partial charge on any atom is 0.0473 e. The van der Waals surface area contributed by atoms with Gasteiger partial charge in [-0.25, -0.2) is 0 Å². The lowest BCUT2D eigenvalue weighted by molar-refractivity contribution is 0.0989. The third kappa shape index (κ3) is 3.07. The van der Waals surface area contributed by atoms with Gasteiger partial charge in [-0.3, -0.25) is 4.90 Å². The van der Waals surface area contributed by atoms with Gasteiger partial charge < -0.3 is 5.73 Å². The summed E-state index contributed by atoms with van der Waals surface area (Å²) in [5.41, 5.74) is 10.3. The van der Waals surface area contributed by atoms with Crippen LogP contribution in [0, 0.1) is 19.8 Å². The molecule has 0 bridgehead atoms. The number of hydrogen-bond donors (Lipinski definition) is 1. The Morgan fingerprint density at radius 2 is 1.95 bits per heavy atom. The molecule has 20 heavy (non-hydrogen) atoms. The lowest BCUT2D eigenvalue weighted by Crippen LogP contribution is -2.43. The Morgan fingerprint density at radius 1 is 1.25 bits per heavy atom. The van der Waals surface area contributed by atoms with Crippen LogP contribution in [0.5, 0.6) is 0 Å². The Kier molecular flexibility index (Phi) is 5.22. The molecule has 2 rings (SSSR count). The SMILES string of the molecule is Cc1cccc(C(CN)N(C)C2CCCCC2C)c1C. The number of benzene rings is 1. The summed E-state index contributed by atoms with van der Waals surface area (Å²) in [5, 5.41) is 0. The highest BCUT2D eigenvalue weighted by Crippen LogP contribution is 2.33. The summed E-state index contributed by atoms with van der Waals surface area (Å²) >= 11 is 0. The molecule has 2 N–H and O–H groups in total. The molecule has 1 fully saturated rings. The zero-order valence-corrected chi connectivity index (χ0v) is 13.5. The zero-order valence-electron chi connectivity index (χ0n) is 13.5. The van der Waals surface area contributed by atoms with Crippen LogP contribution in [0.3, 0.4) is 0 Å². The smallest absolute Gasteiger partial charge is 0.0473 e. The highest BCUT2D eigenvalue weighted by atomic mass is 15.2. The van der Waals surface area contributed by atoms with Gasteiger partial charge in [0.25, 0.3) is 0 Å². The van der Waals surface area contributed by atoms with Crippen molar-refractivity contribution in [1.82, 2.24) is 4.90 Å². The fourth-order valence-corrected chi connectivity index (χ4v) is 3.78. The van der Waals surface area contributed by atoms with Crippen LogP contribution in [-0.4, -0.2) is 24.5 Å². The van der Waals surface area contributed by atoms with Gasteiger partial charge in [-0.05, 0) is 56.3 Å². The van der Waals surface area contributed by atoms with E-state index in [0.717, 1.165) is 5.92 Å². The number of rotatable bonds is 4. The van der Waals surface area contributed by atoms with Gasteiger partial charge in [0.1, 0.15) is 0 Å². The van der Waals surface area contributed by atoms with Crippen LogP contribution < -0.4 is 5.73 Å². The van der Waals surface area contributed by atoms with Crippen LogP contribution in [-0.2, 0) is 0 Å². The summed E-state index contributed by atoms with van der Waals surface area (Å²) in [5.74, 6) is 0.785. The number of nitrogens with zero attached hydrogens (tertiary/aromatic N) is 1. The maximum atomic E-state index is 6.14. The fourth-order valence-electron chi connectivity index (χ4n) is 3.78. The molecule has 0 heterocycles. The van der Waals surface area contributed by atoms with Gasteiger partial charge in [0.05, 0.1) is 0 Å². The summed E-state index contributed by atoms with van der Waals surface area (Å²) in [4.78, 5) is 2.55. The minimum absolute atomic E-state index is 0.348. The predicted molar refractivity (Wildman–Crippen MR) is 86.9 cm³/mol. The third-order valence-corrected chi connectivity index (χ3v) is 5.31. The van der Waals surface area contributed by atoms with Crippen molar-refractivity contribution in [2.75, 3.05) is 13.6 Å². The maximum absolute atomic E-state index is 6.14. The van der Waals surface area contributed by atoms with E-state index in [1.807, 2.05) is 0 Å². The van der Waals surface area contributed by atoms with E-state index >= 15 is 0 Å². The summed E-state index contributed by atoms with van der Waals surface area (Å²) < 4.78 is 0. The minimum Gasteiger partial charge on any atom is -0.329 e. The standard InChI is InChI=1S/C18H30N2/c1-13-9-7-10-16(15(13)3)18(12-19)20(4)17-11-6-5-8-14(17)2/h7,9-10,14,17-18H,5-6,8,11-12,19H2,1-4H3. The largest absolute Gasteiger partial charge is 0.329 e. The predicted octanol–water partition coefficient (Wildman–Crippen LogP) is 3.81. The Balaban J connectivity index is 2.24. The molecular formula is C18H30N2. The van der Waals surface area contributed by atoms with Crippen molar-refractivity contribution < 1.29 is 0 Å². The van der Waals surface area contributed by atoms with Gasteiger partial charge in [-0.1, -0.05) is 38.0 Å². The average Bonchev–Trinajstić information content (AvgIpc) is 2.44. The van der Waals surface area contributed by atoms with Gasteiger partial charge in [0, 0.05) is 18.6 Å². The first-order valence-electron chi connectivity index (χ1n) is 8.04. The van der Waals surface area contributed by atoms with E-state index in [0.29, 0.717) is 18.6 Å². The summed E-state index contributed by atoms with van der Waals surface area (Å²) in [6.45, 7) is 7.52. The van der Waals surface area contributed by atoms with Gasteiger partial charge in [0.2, 0.25) is 0 Å². The summed E-state index contributed by atoms with van der Waals surface area (Å²) in [6, 6.07) is 7.63. The molecule has 1 aliphatic carbocycles. The first kappa shape index (κ1) is 15.5. The second kappa shape index (κ2) is 6.73. The molecule has 0 aliphatic heterocycles. The molecule has 1 saturated carbocycles. The van der Waals surface area contributed by atoms with Crippen LogP contribution >= 0.6 is 0 Å². The first-order chi connectivity index (χ1) is 9.56. The minimum atomic E-state index is 0.348. The second-order valence-electron chi connectivity index (χ2n) is 6.54. The zero-order chi connectivity index (χ0) is 14.7. The van der Waals surface area contributed by atoms with Gasteiger partial charge in [0.15, 0.2) is 0 Å². The lowest BCUT2D eigenvalue weighted by atomic mass is 9.83. The van der Waals surface area contributed by atoms with Crippen molar-refractivity contribution >= 4 is 0 Å². The van der Waals surface area contributed by atoms with E-state index in [1.54, 1.807) is 0 Å². The third-order valence-electron chi connectivity index (χ3n) is 5.31. The first-order valence-corrected chi connectivity index (χ1v) is 8.04. The van der Waals surface area contributed by atoms with Gasteiger partial charge in [-0.2, -0.15) is 0 Å². The van der Waals surface area contributed by atoms with Crippen molar-refractivity contribution in [2.24, 2.45) is 11.7 Å². The topological polar surface area (TPSA) is 29.3 Å². The quantitative estimate of drug-likeness (QED) is 0.904. The average molecular weight is 274 g/mol. The molecule has 0 amide bonds. The fraction of sp³-hybridized carbons (Fsp3) is 0.667. The summed E-state index contributed by atoms with van der Waals surface area (Å²) in [7, 11) is 2.27. The van der Waals surface area contributed by atoms with Gasteiger partial charge >= 0.3 is 0 Å². The van der Waals surface area contributed by atoms with Crippen molar-refractivity contribution in [3.05, 3.63) is 34.9 Å². The van der Waals surface area contributed by atoms with E-state index in [2.05, 4.69) is 50.9 Å². The molecule has 2 heteroatoms. The molecule has 3 unspecified atom stereocenters. The molecule has 0 radical (unpaired) electrons. The summed E-state index contributed by atoms with van der Waals surface area (Å²) in [6.07, 6.45) is 5.43. The molecule has 2 nitrogen and oxygen atoms in total. The highest BCUT2D eigenvalue weighted by molar-refractivity contribution is 5.35. The molecule has 1 aromatic rings. The molecule has 0 saturated heterocycles. The lowest BCUT2D eigenvalue weighted by Gasteiger charge is -2.41. The Bertz CT molecular complexity index is 441. The number of nitrogens with two attached hydrogens (primary N) is 1. The molecular weight excluding hydrogens is 244 g/mol. The normalized spacial score (nSPS) is 24.9. The number of hydrogen-bond acceptors (Lipinski definition) is 2. The van der Waals surface area contributed by atoms with E-state index in [9.17, 15) is 0 Å². The molecule has 0 aromatic heterocycles. The number of aryl methyl sites for hydroxylation is 1. The van der Waals surface area contributed by atoms with Crippen molar-refractivity contribution in [1.29, 1.82) is 0 Å². The monoisotopic (exact) mass is 274 g/mol. The molecule has 0 spiro atoms.